The average molecular weight is 383 g/mol. The summed E-state index contributed by atoms with van der Waals surface area (Å²) in [6, 6.07) is 35.9. The molecular formula is C30H22. The van der Waals surface area contributed by atoms with Gasteiger partial charge in [-0.2, -0.15) is 0 Å². The molecular weight excluding hydrogens is 360 g/mol. The van der Waals surface area contributed by atoms with E-state index in [1.165, 1.54) is 65.3 Å². The lowest BCUT2D eigenvalue weighted by molar-refractivity contribution is 1.38. The van der Waals surface area contributed by atoms with Crippen LogP contribution in [0.15, 0.2) is 97.1 Å². The molecule has 30 heavy (non-hydrogen) atoms. The van der Waals surface area contributed by atoms with E-state index in [0.29, 0.717) is 0 Å². The summed E-state index contributed by atoms with van der Waals surface area (Å²) in [7, 11) is 0. The molecule has 0 aliphatic carbocycles. The first-order valence-corrected chi connectivity index (χ1v) is 10.5. The van der Waals surface area contributed by atoms with Gasteiger partial charge < -0.3 is 0 Å². The molecule has 0 spiro atoms. The van der Waals surface area contributed by atoms with Gasteiger partial charge >= 0.3 is 0 Å². The van der Waals surface area contributed by atoms with Crippen molar-refractivity contribution in [2.45, 2.75) is 13.8 Å². The summed E-state index contributed by atoms with van der Waals surface area (Å²) in [6.07, 6.45) is 0. The molecule has 0 atom stereocenters. The molecule has 0 aliphatic heterocycles. The Morgan fingerprint density at radius 1 is 0.400 bits per heavy atom. The van der Waals surface area contributed by atoms with Crippen LogP contribution in [0.25, 0.3) is 54.2 Å². The predicted octanol–water partition coefficient (Wildman–Crippen LogP) is 8.58. The number of benzene rings is 6. The minimum Gasteiger partial charge on any atom is -0.0617 e. The van der Waals surface area contributed by atoms with Crippen molar-refractivity contribution in [2.75, 3.05) is 0 Å². The van der Waals surface area contributed by atoms with Crippen LogP contribution in [-0.4, -0.2) is 0 Å². The van der Waals surface area contributed by atoms with E-state index in [2.05, 4.69) is 111 Å². The Hall–Kier alpha value is -3.64. The summed E-state index contributed by atoms with van der Waals surface area (Å²) in [5.74, 6) is 0. The Labute approximate surface area is 176 Å². The molecule has 0 aliphatic rings. The highest BCUT2D eigenvalue weighted by Gasteiger charge is 2.10. The van der Waals surface area contributed by atoms with Crippen LogP contribution in [0.1, 0.15) is 11.1 Å². The minimum absolute atomic E-state index is 1.29. The molecule has 0 fully saturated rings. The lowest BCUT2D eigenvalue weighted by Crippen LogP contribution is -1.89. The number of fused-ring (bicyclic) bond motifs is 4. The highest BCUT2D eigenvalue weighted by Crippen LogP contribution is 2.36. The Morgan fingerprint density at radius 2 is 0.867 bits per heavy atom. The van der Waals surface area contributed by atoms with Gasteiger partial charge in [0.15, 0.2) is 0 Å². The van der Waals surface area contributed by atoms with E-state index in [0.717, 1.165) is 0 Å². The second-order valence-electron chi connectivity index (χ2n) is 8.39. The lowest BCUT2D eigenvalue weighted by Gasteiger charge is -2.14. The first kappa shape index (κ1) is 17.2. The van der Waals surface area contributed by atoms with Gasteiger partial charge in [0.2, 0.25) is 0 Å². The summed E-state index contributed by atoms with van der Waals surface area (Å²) in [4.78, 5) is 0. The largest absolute Gasteiger partial charge is 0.0617 e. The highest BCUT2D eigenvalue weighted by molar-refractivity contribution is 6.10. The number of aryl methyl sites for hydroxylation is 2. The standard InChI is InChI=1S/C30H22/c1-19-7-5-8-20(2)30(19)28-12-6-11-23-15-26-16-24-13-21-9-3-4-10-22(21)14-25(24)17-27(26)18-29(23)28/h3-18H,1-2H3. The molecule has 0 amide bonds. The second kappa shape index (κ2) is 6.43. The summed E-state index contributed by atoms with van der Waals surface area (Å²) in [5, 5.41) is 10.4. The van der Waals surface area contributed by atoms with Crippen LogP contribution >= 0.6 is 0 Å². The zero-order chi connectivity index (χ0) is 20.2. The van der Waals surface area contributed by atoms with E-state index in [-0.39, 0.29) is 0 Å². The van der Waals surface area contributed by atoms with Gasteiger partial charge in [0.05, 0.1) is 0 Å². The maximum atomic E-state index is 2.38. The SMILES string of the molecule is Cc1cccc(C)c1-c1cccc2cc3cc4cc5ccccc5cc4cc3cc12. The predicted molar refractivity (Wildman–Crippen MR) is 131 cm³/mol. The van der Waals surface area contributed by atoms with E-state index < -0.39 is 0 Å². The average Bonchev–Trinajstić information content (AvgIpc) is 2.75. The lowest BCUT2D eigenvalue weighted by atomic mass is 9.90. The molecule has 6 aromatic carbocycles. The molecule has 0 N–H and O–H groups in total. The van der Waals surface area contributed by atoms with Gasteiger partial charge in [0.1, 0.15) is 0 Å². The molecule has 0 heterocycles. The summed E-state index contributed by atoms with van der Waals surface area (Å²) < 4.78 is 0. The van der Waals surface area contributed by atoms with Gasteiger partial charge in [-0.25, -0.2) is 0 Å². The van der Waals surface area contributed by atoms with E-state index in [4.69, 9.17) is 0 Å². The number of rotatable bonds is 1. The first-order chi connectivity index (χ1) is 14.7. The van der Waals surface area contributed by atoms with Gasteiger partial charge in [-0.05, 0) is 116 Å². The van der Waals surface area contributed by atoms with E-state index in [9.17, 15) is 0 Å². The Morgan fingerprint density at radius 3 is 1.50 bits per heavy atom. The van der Waals surface area contributed by atoms with Crippen molar-refractivity contribution in [1.29, 1.82) is 0 Å². The van der Waals surface area contributed by atoms with Gasteiger partial charge in [-0.1, -0.05) is 60.7 Å². The summed E-state index contributed by atoms with van der Waals surface area (Å²) in [6.45, 7) is 4.42. The van der Waals surface area contributed by atoms with Crippen molar-refractivity contribution in [3.63, 3.8) is 0 Å². The second-order valence-corrected chi connectivity index (χ2v) is 8.39. The first-order valence-electron chi connectivity index (χ1n) is 10.5. The van der Waals surface area contributed by atoms with Gasteiger partial charge in [-0.3, -0.25) is 0 Å². The molecule has 0 bridgehead atoms. The highest BCUT2D eigenvalue weighted by atomic mass is 14.1. The van der Waals surface area contributed by atoms with Crippen molar-refractivity contribution in [3.8, 4) is 11.1 Å². The zero-order valence-electron chi connectivity index (χ0n) is 17.2. The van der Waals surface area contributed by atoms with E-state index in [1.54, 1.807) is 0 Å². The smallest absolute Gasteiger partial charge is 0.00988 e. The van der Waals surface area contributed by atoms with Crippen LogP contribution in [0.4, 0.5) is 0 Å². The third-order valence-corrected chi connectivity index (χ3v) is 6.41. The fraction of sp³-hybridized carbons (Fsp3) is 0.0667. The fourth-order valence-corrected chi connectivity index (χ4v) is 4.93. The van der Waals surface area contributed by atoms with Crippen LogP contribution in [-0.2, 0) is 0 Å². The Balaban J connectivity index is 1.68. The number of hydrogen-bond acceptors (Lipinski definition) is 0. The molecule has 6 aromatic rings. The van der Waals surface area contributed by atoms with E-state index >= 15 is 0 Å². The molecule has 0 unspecified atom stereocenters. The zero-order valence-corrected chi connectivity index (χ0v) is 17.2. The van der Waals surface area contributed by atoms with Crippen LogP contribution in [0.5, 0.6) is 0 Å². The van der Waals surface area contributed by atoms with E-state index in [1.807, 2.05) is 0 Å². The van der Waals surface area contributed by atoms with Crippen molar-refractivity contribution in [2.24, 2.45) is 0 Å². The summed E-state index contributed by atoms with van der Waals surface area (Å²) >= 11 is 0. The van der Waals surface area contributed by atoms with Crippen LogP contribution in [0.3, 0.4) is 0 Å². The third-order valence-electron chi connectivity index (χ3n) is 6.41. The normalized spacial score (nSPS) is 11.7. The quantitative estimate of drug-likeness (QED) is 0.250. The van der Waals surface area contributed by atoms with Crippen LogP contribution < -0.4 is 0 Å². The van der Waals surface area contributed by atoms with Crippen molar-refractivity contribution in [3.05, 3.63) is 108 Å². The maximum Gasteiger partial charge on any atom is -0.00988 e. The summed E-state index contributed by atoms with van der Waals surface area (Å²) in [5.41, 5.74) is 5.33. The molecule has 0 saturated carbocycles. The molecule has 0 heteroatoms. The Kier molecular flexibility index (Phi) is 3.70. The topological polar surface area (TPSA) is 0 Å². The fourth-order valence-electron chi connectivity index (χ4n) is 4.93. The molecule has 0 nitrogen and oxygen atoms in total. The molecule has 142 valence electrons. The molecule has 6 rings (SSSR count). The number of hydrogen-bond donors (Lipinski definition) is 0. The minimum atomic E-state index is 1.29. The van der Waals surface area contributed by atoms with Crippen molar-refractivity contribution < 1.29 is 0 Å². The van der Waals surface area contributed by atoms with Crippen molar-refractivity contribution in [1.82, 2.24) is 0 Å². The monoisotopic (exact) mass is 382 g/mol. The molecule has 0 radical (unpaired) electrons. The van der Waals surface area contributed by atoms with Gasteiger partial charge in [0, 0.05) is 0 Å². The maximum absolute atomic E-state index is 2.38. The van der Waals surface area contributed by atoms with Gasteiger partial charge in [0.25, 0.3) is 0 Å². The van der Waals surface area contributed by atoms with Crippen LogP contribution in [0.2, 0.25) is 0 Å². The van der Waals surface area contributed by atoms with Crippen molar-refractivity contribution >= 4 is 43.1 Å². The third kappa shape index (κ3) is 2.61. The van der Waals surface area contributed by atoms with Crippen LogP contribution in [0, 0.1) is 13.8 Å². The molecule has 0 saturated heterocycles. The molecule has 0 aromatic heterocycles. The Bertz CT molecular complexity index is 1580. The van der Waals surface area contributed by atoms with Gasteiger partial charge in [-0.15, -0.1) is 0 Å².